The fourth-order valence-electron chi connectivity index (χ4n) is 1.76. The molecule has 3 rings (SSSR count). The first-order valence-corrected chi connectivity index (χ1v) is 5.87. The molecule has 0 aliphatic heterocycles. The van der Waals surface area contributed by atoms with Gasteiger partial charge in [-0.05, 0) is 31.0 Å². The van der Waals surface area contributed by atoms with Gasteiger partial charge in [-0.3, -0.25) is 9.78 Å². The van der Waals surface area contributed by atoms with Crippen LogP contribution in [0.25, 0.3) is 11.1 Å². The first kappa shape index (κ1) is 11.0. The van der Waals surface area contributed by atoms with Gasteiger partial charge in [-0.2, -0.15) is 0 Å². The number of aromatic amines is 1. The molecule has 6 heteroatoms. The van der Waals surface area contributed by atoms with Crippen LogP contribution in [0.3, 0.4) is 0 Å². The molecule has 18 heavy (non-hydrogen) atoms. The zero-order chi connectivity index (χ0) is 12.5. The van der Waals surface area contributed by atoms with Gasteiger partial charge in [0, 0.05) is 11.7 Å². The van der Waals surface area contributed by atoms with E-state index in [1.165, 1.54) is 0 Å². The summed E-state index contributed by atoms with van der Waals surface area (Å²) in [6, 6.07) is 5.53. The second-order valence-electron chi connectivity index (χ2n) is 4.43. The van der Waals surface area contributed by atoms with Crippen molar-refractivity contribution < 1.29 is 9.21 Å². The molecule has 0 bridgehead atoms. The number of aromatic nitrogens is 1. The number of oxazole rings is 1. The molecule has 0 saturated heterocycles. The monoisotopic (exact) mass is 247 g/mol. The molecular weight excluding hydrogens is 234 g/mol. The lowest BCUT2D eigenvalue weighted by Crippen LogP contribution is -2.29. The van der Waals surface area contributed by atoms with Gasteiger partial charge in [0.05, 0.1) is 12.1 Å². The van der Waals surface area contributed by atoms with Crippen LogP contribution in [0, 0.1) is 0 Å². The van der Waals surface area contributed by atoms with Crippen molar-refractivity contribution in [2.45, 2.75) is 18.9 Å². The maximum atomic E-state index is 11.6. The summed E-state index contributed by atoms with van der Waals surface area (Å²) in [6.07, 6.45) is 2.30. The van der Waals surface area contributed by atoms with E-state index in [4.69, 9.17) is 4.42 Å². The third-order valence-corrected chi connectivity index (χ3v) is 2.83. The molecule has 0 atom stereocenters. The van der Waals surface area contributed by atoms with Crippen LogP contribution in [0.1, 0.15) is 12.8 Å². The molecule has 1 saturated carbocycles. The van der Waals surface area contributed by atoms with Gasteiger partial charge in [-0.15, -0.1) is 0 Å². The van der Waals surface area contributed by atoms with Gasteiger partial charge >= 0.3 is 5.76 Å². The van der Waals surface area contributed by atoms with E-state index in [0.717, 1.165) is 12.8 Å². The van der Waals surface area contributed by atoms with Crippen LogP contribution in [-0.4, -0.2) is 23.5 Å². The minimum absolute atomic E-state index is 0.0907. The smallest absolute Gasteiger partial charge is 0.408 e. The van der Waals surface area contributed by atoms with Crippen molar-refractivity contribution in [1.29, 1.82) is 0 Å². The van der Waals surface area contributed by atoms with E-state index in [2.05, 4.69) is 15.6 Å². The molecule has 1 fully saturated rings. The third kappa shape index (κ3) is 2.43. The number of carbonyl (C=O) groups is 1. The van der Waals surface area contributed by atoms with E-state index in [1.807, 2.05) is 0 Å². The van der Waals surface area contributed by atoms with Crippen molar-refractivity contribution in [3.8, 4) is 0 Å². The van der Waals surface area contributed by atoms with Crippen LogP contribution in [0.2, 0.25) is 0 Å². The van der Waals surface area contributed by atoms with Crippen LogP contribution >= 0.6 is 0 Å². The van der Waals surface area contributed by atoms with Crippen LogP contribution < -0.4 is 16.4 Å². The van der Waals surface area contributed by atoms with Crippen molar-refractivity contribution in [2.75, 3.05) is 11.9 Å². The number of anilines is 1. The lowest BCUT2D eigenvalue weighted by atomic mass is 10.3. The lowest BCUT2D eigenvalue weighted by molar-refractivity contribution is -0.115. The largest absolute Gasteiger partial charge is 0.417 e. The predicted molar refractivity (Wildman–Crippen MR) is 66.5 cm³/mol. The molecule has 1 aliphatic carbocycles. The first-order valence-electron chi connectivity index (χ1n) is 5.87. The Morgan fingerprint density at radius 3 is 3.06 bits per heavy atom. The Kier molecular flexibility index (Phi) is 2.64. The van der Waals surface area contributed by atoms with Crippen LogP contribution in [-0.2, 0) is 4.79 Å². The zero-order valence-electron chi connectivity index (χ0n) is 9.66. The van der Waals surface area contributed by atoms with Crippen molar-refractivity contribution >= 4 is 22.7 Å². The predicted octanol–water partition coefficient (Wildman–Crippen LogP) is 0.812. The maximum absolute atomic E-state index is 11.6. The number of amides is 1. The molecule has 1 amide bonds. The van der Waals surface area contributed by atoms with E-state index >= 15 is 0 Å². The Labute approximate surface area is 102 Å². The molecule has 1 heterocycles. The van der Waals surface area contributed by atoms with Gasteiger partial charge in [0.25, 0.3) is 0 Å². The summed E-state index contributed by atoms with van der Waals surface area (Å²) < 4.78 is 4.88. The number of fused-ring (bicyclic) bond motifs is 1. The fraction of sp³-hybridized carbons (Fsp3) is 0.333. The average Bonchev–Trinajstić information content (AvgIpc) is 3.08. The minimum Gasteiger partial charge on any atom is -0.408 e. The maximum Gasteiger partial charge on any atom is 0.417 e. The van der Waals surface area contributed by atoms with Gasteiger partial charge in [-0.25, -0.2) is 4.79 Å². The topological polar surface area (TPSA) is 87.1 Å². The SMILES string of the molecule is O=C(CNC1CC1)Nc1ccc2oc(=O)[nH]c2c1. The highest BCUT2D eigenvalue weighted by Crippen LogP contribution is 2.18. The van der Waals surface area contributed by atoms with Crippen LogP contribution in [0.15, 0.2) is 27.4 Å². The van der Waals surface area contributed by atoms with Crippen molar-refractivity contribution in [3.05, 3.63) is 28.7 Å². The van der Waals surface area contributed by atoms with E-state index in [1.54, 1.807) is 18.2 Å². The van der Waals surface area contributed by atoms with E-state index < -0.39 is 5.76 Å². The lowest BCUT2D eigenvalue weighted by Gasteiger charge is -2.05. The Hall–Kier alpha value is -2.08. The molecule has 94 valence electrons. The highest BCUT2D eigenvalue weighted by molar-refractivity contribution is 5.94. The number of benzene rings is 1. The Morgan fingerprint density at radius 1 is 1.44 bits per heavy atom. The number of H-pyrrole nitrogens is 1. The van der Waals surface area contributed by atoms with Gasteiger partial charge in [0.2, 0.25) is 5.91 Å². The standard InChI is InChI=1S/C12H13N3O3/c16-11(6-13-7-1-2-7)14-8-3-4-10-9(5-8)15-12(17)18-10/h3-5,7,13H,1-2,6H2,(H,14,16)(H,15,17). The number of hydrogen-bond acceptors (Lipinski definition) is 4. The molecule has 6 nitrogen and oxygen atoms in total. The quantitative estimate of drug-likeness (QED) is 0.746. The summed E-state index contributed by atoms with van der Waals surface area (Å²) in [5.41, 5.74) is 1.70. The molecule has 0 unspecified atom stereocenters. The molecule has 0 spiro atoms. The third-order valence-electron chi connectivity index (χ3n) is 2.83. The number of carbonyl (C=O) groups excluding carboxylic acids is 1. The summed E-state index contributed by atoms with van der Waals surface area (Å²) in [5.74, 6) is -0.587. The first-order chi connectivity index (χ1) is 8.70. The summed E-state index contributed by atoms with van der Waals surface area (Å²) in [5, 5.41) is 5.89. The average molecular weight is 247 g/mol. The number of hydrogen-bond donors (Lipinski definition) is 3. The number of rotatable bonds is 4. The van der Waals surface area contributed by atoms with Gasteiger partial charge in [-0.1, -0.05) is 0 Å². The molecule has 0 radical (unpaired) electrons. The Bertz CT molecular complexity index is 639. The van der Waals surface area contributed by atoms with E-state index in [0.29, 0.717) is 29.4 Å². The molecule has 2 aromatic rings. The van der Waals surface area contributed by atoms with E-state index in [9.17, 15) is 9.59 Å². The summed E-state index contributed by atoms with van der Waals surface area (Å²) in [4.78, 5) is 25.1. The van der Waals surface area contributed by atoms with Crippen LogP contribution in [0.4, 0.5) is 5.69 Å². The number of nitrogens with one attached hydrogen (secondary N) is 3. The normalized spacial score (nSPS) is 14.9. The zero-order valence-corrected chi connectivity index (χ0v) is 9.66. The molecule has 3 N–H and O–H groups in total. The Morgan fingerprint density at radius 2 is 2.28 bits per heavy atom. The van der Waals surface area contributed by atoms with Crippen molar-refractivity contribution in [1.82, 2.24) is 10.3 Å². The molecular formula is C12H13N3O3. The van der Waals surface area contributed by atoms with Gasteiger partial charge in [0.15, 0.2) is 5.58 Å². The van der Waals surface area contributed by atoms with Gasteiger partial charge < -0.3 is 15.1 Å². The summed E-state index contributed by atoms with van der Waals surface area (Å²) in [7, 11) is 0. The summed E-state index contributed by atoms with van der Waals surface area (Å²) >= 11 is 0. The fourth-order valence-corrected chi connectivity index (χ4v) is 1.76. The van der Waals surface area contributed by atoms with Crippen molar-refractivity contribution in [2.24, 2.45) is 0 Å². The van der Waals surface area contributed by atoms with Gasteiger partial charge in [0.1, 0.15) is 0 Å². The molecule has 1 aliphatic rings. The van der Waals surface area contributed by atoms with Crippen LogP contribution in [0.5, 0.6) is 0 Å². The summed E-state index contributed by atoms with van der Waals surface area (Å²) in [6.45, 7) is 0.310. The second kappa shape index (κ2) is 4.30. The Balaban J connectivity index is 1.68. The minimum atomic E-state index is -0.496. The molecule has 1 aromatic carbocycles. The highest BCUT2D eigenvalue weighted by Gasteiger charge is 2.21. The molecule has 1 aromatic heterocycles. The van der Waals surface area contributed by atoms with E-state index in [-0.39, 0.29) is 5.91 Å². The van der Waals surface area contributed by atoms with Crippen molar-refractivity contribution in [3.63, 3.8) is 0 Å². The highest BCUT2D eigenvalue weighted by atomic mass is 16.4. The second-order valence-corrected chi connectivity index (χ2v) is 4.43.